The molecule has 0 aliphatic heterocycles. The average molecular weight is 297 g/mol. The maximum atomic E-state index is 12.5. The van der Waals surface area contributed by atoms with E-state index in [1.165, 1.54) is 0 Å². The van der Waals surface area contributed by atoms with Crippen molar-refractivity contribution in [3.63, 3.8) is 0 Å². The predicted molar refractivity (Wildman–Crippen MR) is 71.5 cm³/mol. The maximum absolute atomic E-state index is 12.5. The van der Waals surface area contributed by atoms with Crippen molar-refractivity contribution >= 4 is 5.95 Å². The molecule has 1 aromatic heterocycles. The van der Waals surface area contributed by atoms with E-state index in [2.05, 4.69) is 15.3 Å². The summed E-state index contributed by atoms with van der Waals surface area (Å²) in [6.45, 7) is 0.812. The van der Waals surface area contributed by atoms with Crippen LogP contribution in [-0.2, 0) is 24.1 Å². The van der Waals surface area contributed by atoms with Gasteiger partial charge in [-0.3, -0.25) is 0 Å². The Labute approximate surface area is 120 Å². The summed E-state index contributed by atoms with van der Waals surface area (Å²) >= 11 is 0. The van der Waals surface area contributed by atoms with Crippen molar-refractivity contribution < 1.29 is 17.9 Å². The first-order valence-corrected chi connectivity index (χ1v) is 6.20. The Kier molecular flexibility index (Phi) is 4.74. The summed E-state index contributed by atoms with van der Waals surface area (Å²) in [6.07, 6.45) is -3.39. The summed E-state index contributed by atoms with van der Waals surface area (Å²) in [5.41, 5.74) is 0.931. The Morgan fingerprint density at radius 2 is 1.95 bits per heavy atom. The number of halogens is 3. The van der Waals surface area contributed by atoms with Gasteiger partial charge in [0.25, 0.3) is 0 Å². The van der Waals surface area contributed by atoms with E-state index in [1.807, 2.05) is 24.3 Å². The molecule has 0 aliphatic carbocycles. The van der Waals surface area contributed by atoms with Crippen LogP contribution in [0.3, 0.4) is 0 Å². The number of nitrogens with one attached hydrogen (secondary N) is 1. The van der Waals surface area contributed by atoms with Crippen molar-refractivity contribution in [1.29, 1.82) is 0 Å². The molecule has 7 heteroatoms. The Bertz CT molecular complexity index is 602. The molecule has 112 valence electrons. The van der Waals surface area contributed by atoms with E-state index < -0.39 is 11.9 Å². The quantitative estimate of drug-likeness (QED) is 0.920. The van der Waals surface area contributed by atoms with E-state index in [0.717, 1.165) is 23.4 Å². The Hall–Kier alpha value is -2.15. The third kappa shape index (κ3) is 4.42. The third-order valence-corrected chi connectivity index (χ3v) is 2.70. The molecule has 0 fully saturated rings. The normalized spacial score (nSPS) is 11.4. The van der Waals surface area contributed by atoms with Crippen molar-refractivity contribution in [1.82, 2.24) is 9.97 Å². The number of anilines is 1. The van der Waals surface area contributed by atoms with Gasteiger partial charge in [0, 0.05) is 19.9 Å². The van der Waals surface area contributed by atoms with Gasteiger partial charge in [0.2, 0.25) is 5.95 Å². The van der Waals surface area contributed by atoms with Crippen molar-refractivity contribution in [3.05, 3.63) is 53.3 Å². The van der Waals surface area contributed by atoms with Crippen LogP contribution in [0.25, 0.3) is 0 Å². The highest BCUT2D eigenvalue weighted by Crippen LogP contribution is 2.27. The van der Waals surface area contributed by atoms with Crippen LogP contribution < -0.4 is 5.32 Å². The summed E-state index contributed by atoms with van der Waals surface area (Å²) in [5, 5.41) is 2.78. The molecular formula is C14H14F3N3O. The third-order valence-electron chi connectivity index (χ3n) is 2.70. The van der Waals surface area contributed by atoms with Gasteiger partial charge in [-0.25, -0.2) is 9.97 Å². The zero-order valence-electron chi connectivity index (χ0n) is 11.3. The zero-order chi connectivity index (χ0) is 15.3. The fourth-order valence-electron chi connectivity index (χ4n) is 1.78. The highest BCUT2D eigenvalue weighted by molar-refractivity contribution is 5.30. The first-order chi connectivity index (χ1) is 9.99. The lowest BCUT2D eigenvalue weighted by Gasteiger charge is -2.09. The van der Waals surface area contributed by atoms with Gasteiger partial charge >= 0.3 is 6.18 Å². The van der Waals surface area contributed by atoms with Crippen LogP contribution in [0.15, 0.2) is 36.5 Å². The summed E-state index contributed by atoms with van der Waals surface area (Å²) < 4.78 is 42.6. The van der Waals surface area contributed by atoms with Gasteiger partial charge in [-0.2, -0.15) is 13.2 Å². The topological polar surface area (TPSA) is 47.0 Å². The molecule has 0 unspecified atom stereocenters. The van der Waals surface area contributed by atoms with Crippen LogP contribution in [0, 0.1) is 0 Å². The second-order valence-corrected chi connectivity index (χ2v) is 4.37. The number of benzene rings is 1. The van der Waals surface area contributed by atoms with Crippen LogP contribution in [0.2, 0.25) is 0 Å². The van der Waals surface area contributed by atoms with E-state index in [9.17, 15) is 13.2 Å². The monoisotopic (exact) mass is 297 g/mol. The van der Waals surface area contributed by atoms with Gasteiger partial charge in [-0.1, -0.05) is 24.3 Å². The van der Waals surface area contributed by atoms with Crippen molar-refractivity contribution in [2.45, 2.75) is 19.3 Å². The minimum absolute atomic E-state index is 0.0537. The lowest BCUT2D eigenvalue weighted by atomic mass is 10.1. The van der Waals surface area contributed by atoms with E-state index >= 15 is 0 Å². The van der Waals surface area contributed by atoms with Crippen LogP contribution in [0.1, 0.15) is 16.8 Å². The highest BCUT2D eigenvalue weighted by atomic mass is 19.4. The van der Waals surface area contributed by atoms with E-state index in [-0.39, 0.29) is 5.95 Å². The number of rotatable bonds is 5. The smallest absolute Gasteiger partial charge is 0.380 e. The van der Waals surface area contributed by atoms with Crippen LogP contribution in [-0.4, -0.2) is 17.1 Å². The molecule has 4 nitrogen and oxygen atoms in total. The molecule has 0 amide bonds. The molecular weight excluding hydrogens is 283 g/mol. The number of nitrogens with zero attached hydrogens (tertiary/aromatic N) is 2. The number of methoxy groups -OCH3 is 1. The molecule has 1 N–H and O–H groups in total. The number of hydrogen-bond donors (Lipinski definition) is 1. The van der Waals surface area contributed by atoms with Gasteiger partial charge in [-0.05, 0) is 17.2 Å². The molecule has 2 aromatic rings. The van der Waals surface area contributed by atoms with Gasteiger partial charge < -0.3 is 10.1 Å². The minimum atomic E-state index is -4.47. The van der Waals surface area contributed by atoms with E-state index in [0.29, 0.717) is 13.2 Å². The summed E-state index contributed by atoms with van der Waals surface area (Å²) in [5.74, 6) is -0.0537. The largest absolute Gasteiger partial charge is 0.433 e. The average Bonchev–Trinajstić information content (AvgIpc) is 2.45. The van der Waals surface area contributed by atoms with Crippen molar-refractivity contribution in [2.24, 2.45) is 0 Å². The van der Waals surface area contributed by atoms with E-state index in [1.54, 1.807) is 7.11 Å². The molecule has 0 spiro atoms. The van der Waals surface area contributed by atoms with Crippen molar-refractivity contribution in [3.8, 4) is 0 Å². The molecule has 0 aliphatic rings. The summed E-state index contributed by atoms with van der Waals surface area (Å²) in [7, 11) is 1.60. The first-order valence-electron chi connectivity index (χ1n) is 6.20. The number of hydrogen-bond acceptors (Lipinski definition) is 4. The molecule has 2 rings (SSSR count). The summed E-state index contributed by atoms with van der Waals surface area (Å²) in [4.78, 5) is 7.23. The lowest BCUT2D eigenvalue weighted by Crippen LogP contribution is -2.11. The Morgan fingerprint density at radius 1 is 1.19 bits per heavy atom. The predicted octanol–water partition coefficient (Wildman–Crippen LogP) is 3.25. The minimum Gasteiger partial charge on any atom is -0.380 e. The second kappa shape index (κ2) is 6.53. The van der Waals surface area contributed by atoms with Gasteiger partial charge in [-0.15, -0.1) is 0 Å². The van der Waals surface area contributed by atoms with Gasteiger partial charge in [0.05, 0.1) is 6.61 Å². The second-order valence-electron chi connectivity index (χ2n) is 4.37. The van der Waals surface area contributed by atoms with Crippen LogP contribution >= 0.6 is 0 Å². The Morgan fingerprint density at radius 3 is 2.67 bits per heavy atom. The fourth-order valence-corrected chi connectivity index (χ4v) is 1.78. The molecule has 0 saturated carbocycles. The fraction of sp³-hybridized carbons (Fsp3) is 0.286. The molecule has 0 atom stereocenters. The summed E-state index contributed by atoms with van der Waals surface area (Å²) in [6, 6.07) is 8.38. The SMILES string of the molecule is COCc1cccc(CNc2nccc(C(F)(F)F)n2)c1. The van der Waals surface area contributed by atoms with Crippen LogP contribution in [0.5, 0.6) is 0 Å². The highest BCUT2D eigenvalue weighted by Gasteiger charge is 2.32. The molecule has 1 aromatic carbocycles. The molecule has 0 bridgehead atoms. The standard InChI is InChI=1S/C14H14F3N3O/c1-21-9-11-4-2-3-10(7-11)8-19-13-18-6-5-12(20-13)14(15,16)17/h2-7H,8-9H2,1H3,(H,18,19,20). The lowest BCUT2D eigenvalue weighted by molar-refractivity contribution is -0.141. The first kappa shape index (κ1) is 15.2. The number of alkyl halides is 3. The Balaban J connectivity index is 2.04. The number of aromatic nitrogens is 2. The van der Waals surface area contributed by atoms with E-state index in [4.69, 9.17) is 4.74 Å². The molecule has 0 saturated heterocycles. The van der Waals surface area contributed by atoms with Crippen LogP contribution in [0.4, 0.5) is 19.1 Å². The maximum Gasteiger partial charge on any atom is 0.433 e. The van der Waals surface area contributed by atoms with Crippen molar-refractivity contribution in [2.75, 3.05) is 12.4 Å². The van der Waals surface area contributed by atoms with Gasteiger partial charge in [0.15, 0.2) is 0 Å². The van der Waals surface area contributed by atoms with Gasteiger partial charge in [0.1, 0.15) is 5.69 Å². The number of ether oxygens (including phenoxy) is 1. The zero-order valence-corrected chi connectivity index (χ0v) is 11.3. The molecule has 1 heterocycles. The molecule has 21 heavy (non-hydrogen) atoms. The molecule has 0 radical (unpaired) electrons.